The molecule has 2 rings (SSSR count). The molecule has 0 saturated heterocycles. The van der Waals surface area contributed by atoms with Gasteiger partial charge in [0.2, 0.25) is 0 Å². The molecule has 2 N–H and O–H groups in total. The van der Waals surface area contributed by atoms with Crippen molar-refractivity contribution in [2.24, 2.45) is 10.9 Å². The van der Waals surface area contributed by atoms with Crippen LogP contribution in [0.4, 0.5) is 0 Å². The molecule has 1 aromatic heterocycles. The van der Waals surface area contributed by atoms with Crippen LogP contribution in [0.3, 0.4) is 0 Å². The van der Waals surface area contributed by atoms with Crippen molar-refractivity contribution in [1.29, 1.82) is 0 Å². The third-order valence-corrected chi connectivity index (χ3v) is 5.00. The molecule has 22 heavy (non-hydrogen) atoms. The van der Waals surface area contributed by atoms with Gasteiger partial charge in [0.1, 0.15) is 0 Å². The van der Waals surface area contributed by atoms with Crippen molar-refractivity contribution in [3.63, 3.8) is 0 Å². The fourth-order valence-electron chi connectivity index (χ4n) is 2.50. The number of aliphatic imine (C=N–C) groups is 1. The second kappa shape index (κ2) is 10.4. The summed E-state index contributed by atoms with van der Waals surface area (Å²) in [4.78, 5) is 10.5. The quantitative estimate of drug-likeness (QED) is 0.372. The zero-order chi connectivity index (χ0) is 15.1. The average molecular weight is 436 g/mol. The number of guanidine groups is 1. The molecule has 1 aliphatic carbocycles. The van der Waals surface area contributed by atoms with E-state index in [1.807, 2.05) is 17.5 Å². The molecule has 0 radical (unpaired) electrons. The Labute approximate surface area is 155 Å². The summed E-state index contributed by atoms with van der Waals surface area (Å²) in [6.07, 6.45) is 7.91. The van der Waals surface area contributed by atoms with Gasteiger partial charge < -0.3 is 10.6 Å². The Morgan fingerprint density at radius 2 is 2.23 bits per heavy atom. The van der Waals surface area contributed by atoms with Gasteiger partial charge in [0.25, 0.3) is 0 Å². The van der Waals surface area contributed by atoms with E-state index in [1.165, 1.54) is 29.1 Å². The van der Waals surface area contributed by atoms with Crippen LogP contribution in [-0.2, 0) is 12.8 Å². The molecule has 126 valence electrons. The van der Waals surface area contributed by atoms with Gasteiger partial charge in [0.05, 0.1) is 5.01 Å². The van der Waals surface area contributed by atoms with Gasteiger partial charge in [-0.25, -0.2) is 4.98 Å². The van der Waals surface area contributed by atoms with Gasteiger partial charge in [-0.1, -0.05) is 20.3 Å². The number of nitrogens with zero attached hydrogens (tertiary/aromatic N) is 2. The van der Waals surface area contributed by atoms with Crippen LogP contribution in [-0.4, -0.2) is 30.1 Å². The monoisotopic (exact) mass is 436 g/mol. The third-order valence-electron chi connectivity index (χ3n) is 3.79. The summed E-state index contributed by atoms with van der Waals surface area (Å²) in [7, 11) is 0. The molecule has 1 aromatic rings. The molecule has 1 aliphatic rings. The molecule has 1 heterocycles. The fraction of sp³-hybridized carbons (Fsp3) is 0.750. The number of halogens is 1. The first-order valence-electron chi connectivity index (χ1n) is 8.25. The molecule has 0 spiro atoms. The highest BCUT2D eigenvalue weighted by atomic mass is 127. The Hall–Kier alpha value is -0.370. The van der Waals surface area contributed by atoms with Crippen molar-refractivity contribution < 1.29 is 0 Å². The van der Waals surface area contributed by atoms with Crippen molar-refractivity contribution in [2.75, 3.05) is 13.1 Å². The molecular weight excluding hydrogens is 407 g/mol. The van der Waals surface area contributed by atoms with E-state index < -0.39 is 0 Å². The first-order valence-corrected chi connectivity index (χ1v) is 9.06. The maximum absolute atomic E-state index is 4.68. The summed E-state index contributed by atoms with van der Waals surface area (Å²) in [5.41, 5.74) is 0. The Morgan fingerprint density at radius 3 is 2.86 bits per heavy atom. The molecule has 4 nitrogen and oxygen atoms in total. The van der Waals surface area contributed by atoms with Crippen molar-refractivity contribution >= 4 is 41.3 Å². The standard InChI is InChI=1S/C16H28N4S.HI/c1-4-7-12-10-14(12)20-16(17-6-3)18-9-8-15-19-11-13(5-2)21-15;/h11-12,14H,4-10H2,1-3H3,(H2,17,18,20);1H. The molecule has 0 amide bonds. The van der Waals surface area contributed by atoms with Crippen LogP contribution in [0, 0.1) is 5.92 Å². The van der Waals surface area contributed by atoms with Crippen LogP contribution >= 0.6 is 35.3 Å². The lowest BCUT2D eigenvalue weighted by atomic mass is 10.2. The Bertz CT molecular complexity index is 461. The predicted octanol–water partition coefficient (Wildman–Crippen LogP) is 3.61. The molecule has 0 aliphatic heterocycles. The fourth-order valence-corrected chi connectivity index (χ4v) is 3.35. The summed E-state index contributed by atoms with van der Waals surface area (Å²) in [6, 6.07) is 0.634. The van der Waals surface area contributed by atoms with Crippen molar-refractivity contribution in [2.45, 2.75) is 58.9 Å². The molecule has 2 unspecified atom stereocenters. The van der Waals surface area contributed by atoms with E-state index in [4.69, 9.17) is 0 Å². The third kappa shape index (κ3) is 6.40. The van der Waals surface area contributed by atoms with Gasteiger partial charge in [-0.05, 0) is 32.1 Å². The number of rotatable bonds is 8. The maximum Gasteiger partial charge on any atom is 0.191 e. The highest BCUT2D eigenvalue weighted by molar-refractivity contribution is 14.0. The van der Waals surface area contributed by atoms with E-state index in [0.717, 1.165) is 37.8 Å². The zero-order valence-electron chi connectivity index (χ0n) is 13.9. The lowest BCUT2D eigenvalue weighted by molar-refractivity contribution is 0.655. The summed E-state index contributed by atoms with van der Waals surface area (Å²) >= 11 is 1.81. The second-order valence-corrected chi connectivity index (χ2v) is 6.82. The van der Waals surface area contributed by atoms with Crippen molar-refractivity contribution in [3.05, 3.63) is 16.1 Å². The van der Waals surface area contributed by atoms with Crippen LogP contribution < -0.4 is 10.6 Å². The van der Waals surface area contributed by atoms with Crippen LogP contribution in [0.5, 0.6) is 0 Å². The van der Waals surface area contributed by atoms with Crippen LogP contribution in [0.1, 0.15) is 49.9 Å². The highest BCUT2D eigenvalue weighted by Gasteiger charge is 2.36. The number of nitrogens with one attached hydrogen (secondary N) is 2. The number of hydrogen-bond acceptors (Lipinski definition) is 3. The number of hydrogen-bond donors (Lipinski definition) is 2. The Balaban J connectivity index is 0.00000242. The van der Waals surface area contributed by atoms with Gasteiger partial charge >= 0.3 is 0 Å². The lowest BCUT2D eigenvalue weighted by Gasteiger charge is -2.10. The molecule has 1 fully saturated rings. The number of aryl methyl sites for hydroxylation is 1. The van der Waals surface area contributed by atoms with Gasteiger partial charge in [-0.15, -0.1) is 35.3 Å². The maximum atomic E-state index is 4.68. The molecule has 0 aromatic carbocycles. The minimum Gasteiger partial charge on any atom is -0.357 e. The highest BCUT2D eigenvalue weighted by Crippen LogP contribution is 2.34. The van der Waals surface area contributed by atoms with Crippen LogP contribution in [0.25, 0.3) is 0 Å². The van der Waals surface area contributed by atoms with Crippen LogP contribution in [0.15, 0.2) is 11.2 Å². The first-order chi connectivity index (χ1) is 10.3. The Kier molecular flexibility index (Phi) is 9.31. The van der Waals surface area contributed by atoms with E-state index in [-0.39, 0.29) is 24.0 Å². The first kappa shape index (κ1) is 19.7. The minimum atomic E-state index is 0. The van der Waals surface area contributed by atoms with Crippen molar-refractivity contribution in [3.8, 4) is 0 Å². The smallest absolute Gasteiger partial charge is 0.191 e. The van der Waals surface area contributed by atoms with Gasteiger partial charge in [0.15, 0.2) is 5.96 Å². The molecule has 1 saturated carbocycles. The average Bonchev–Trinajstić information content (AvgIpc) is 3.03. The van der Waals surface area contributed by atoms with Crippen molar-refractivity contribution in [1.82, 2.24) is 15.6 Å². The normalized spacial score (nSPS) is 20.4. The topological polar surface area (TPSA) is 49.3 Å². The summed E-state index contributed by atoms with van der Waals surface area (Å²) in [5, 5.41) is 8.09. The predicted molar refractivity (Wildman–Crippen MR) is 107 cm³/mol. The van der Waals surface area contributed by atoms with E-state index in [1.54, 1.807) is 0 Å². The van der Waals surface area contributed by atoms with Gasteiger partial charge in [-0.2, -0.15) is 0 Å². The summed E-state index contributed by atoms with van der Waals surface area (Å²) < 4.78 is 0. The number of thiazole rings is 1. The van der Waals surface area contributed by atoms with E-state index in [2.05, 4.69) is 41.4 Å². The molecular formula is C16H29IN4S. The summed E-state index contributed by atoms with van der Waals surface area (Å²) in [5.74, 6) is 1.82. The lowest BCUT2D eigenvalue weighted by Crippen LogP contribution is -2.39. The van der Waals surface area contributed by atoms with Crippen LogP contribution in [0.2, 0.25) is 0 Å². The molecule has 6 heteroatoms. The zero-order valence-corrected chi connectivity index (χ0v) is 17.0. The van der Waals surface area contributed by atoms with E-state index in [0.29, 0.717) is 6.04 Å². The largest absolute Gasteiger partial charge is 0.357 e. The minimum absolute atomic E-state index is 0. The SMILES string of the molecule is CCCC1CC1NC(=NCCc1ncc(CC)s1)NCC.I. The van der Waals surface area contributed by atoms with Gasteiger partial charge in [-0.3, -0.25) is 4.99 Å². The summed E-state index contributed by atoms with van der Waals surface area (Å²) in [6.45, 7) is 8.26. The van der Waals surface area contributed by atoms with E-state index >= 15 is 0 Å². The number of aromatic nitrogens is 1. The van der Waals surface area contributed by atoms with E-state index in [9.17, 15) is 0 Å². The molecule has 2 atom stereocenters. The second-order valence-electron chi connectivity index (χ2n) is 5.62. The Morgan fingerprint density at radius 1 is 1.41 bits per heavy atom. The molecule has 0 bridgehead atoms. The van der Waals surface area contributed by atoms with Gasteiger partial charge in [0, 0.05) is 36.6 Å².